The van der Waals surface area contributed by atoms with E-state index in [1.807, 2.05) is 31.2 Å². The summed E-state index contributed by atoms with van der Waals surface area (Å²) in [4.78, 5) is 9.15. The third-order valence-electron chi connectivity index (χ3n) is 2.71. The summed E-state index contributed by atoms with van der Waals surface area (Å²) in [5.74, 6) is 2.34. The van der Waals surface area contributed by atoms with E-state index in [4.69, 9.17) is 4.74 Å². The number of hydrogen-bond donors (Lipinski definition) is 1. The fourth-order valence-electron chi connectivity index (χ4n) is 1.79. The van der Waals surface area contributed by atoms with Gasteiger partial charge >= 0.3 is 0 Å². The van der Waals surface area contributed by atoms with Crippen LogP contribution in [-0.2, 0) is 0 Å². The Labute approximate surface area is 126 Å². The van der Waals surface area contributed by atoms with Crippen LogP contribution in [0.5, 0.6) is 5.75 Å². The van der Waals surface area contributed by atoms with E-state index in [1.54, 1.807) is 7.11 Å². The molecule has 1 heterocycles. The standard InChI is InChI=1S/C14H16IN3O/c1-4-16-14-12(15)9(2)17-13(18-14)10-7-5-6-8-11(10)19-3/h5-8H,4H2,1-3H3,(H,16,17,18). The van der Waals surface area contributed by atoms with Crippen LogP contribution in [0.15, 0.2) is 24.3 Å². The molecule has 0 saturated carbocycles. The van der Waals surface area contributed by atoms with Crippen molar-refractivity contribution < 1.29 is 4.74 Å². The van der Waals surface area contributed by atoms with Gasteiger partial charge < -0.3 is 10.1 Å². The highest BCUT2D eigenvalue weighted by Gasteiger charge is 2.13. The maximum Gasteiger partial charge on any atom is 0.165 e. The number of aromatic nitrogens is 2. The molecule has 0 amide bonds. The molecule has 1 aromatic carbocycles. The molecule has 1 N–H and O–H groups in total. The number of para-hydroxylation sites is 1. The van der Waals surface area contributed by atoms with Gasteiger partial charge in [0.25, 0.3) is 0 Å². The highest BCUT2D eigenvalue weighted by atomic mass is 127. The molecule has 0 unspecified atom stereocenters. The third kappa shape index (κ3) is 2.97. The van der Waals surface area contributed by atoms with Gasteiger partial charge in [0.15, 0.2) is 5.82 Å². The Hall–Kier alpha value is -1.37. The SMILES string of the molecule is CCNc1nc(-c2ccccc2OC)nc(C)c1I. The smallest absolute Gasteiger partial charge is 0.165 e. The van der Waals surface area contributed by atoms with E-state index in [-0.39, 0.29) is 0 Å². The van der Waals surface area contributed by atoms with Crippen LogP contribution in [0.4, 0.5) is 5.82 Å². The highest BCUT2D eigenvalue weighted by Crippen LogP contribution is 2.29. The van der Waals surface area contributed by atoms with Crippen molar-refractivity contribution in [2.45, 2.75) is 13.8 Å². The molecular weight excluding hydrogens is 353 g/mol. The highest BCUT2D eigenvalue weighted by molar-refractivity contribution is 14.1. The van der Waals surface area contributed by atoms with Crippen molar-refractivity contribution in [3.63, 3.8) is 0 Å². The minimum Gasteiger partial charge on any atom is -0.496 e. The van der Waals surface area contributed by atoms with Crippen molar-refractivity contribution in [3.8, 4) is 17.1 Å². The number of anilines is 1. The molecule has 2 rings (SSSR count). The maximum absolute atomic E-state index is 5.37. The lowest BCUT2D eigenvalue weighted by Gasteiger charge is -2.12. The Bertz CT molecular complexity index is 587. The van der Waals surface area contributed by atoms with Crippen LogP contribution in [0, 0.1) is 10.5 Å². The zero-order chi connectivity index (χ0) is 13.8. The zero-order valence-electron chi connectivity index (χ0n) is 11.2. The summed E-state index contributed by atoms with van der Waals surface area (Å²) in [7, 11) is 1.66. The van der Waals surface area contributed by atoms with Crippen LogP contribution in [-0.4, -0.2) is 23.6 Å². The minimum absolute atomic E-state index is 0.686. The number of ether oxygens (including phenoxy) is 1. The van der Waals surface area contributed by atoms with Gasteiger partial charge in [-0.2, -0.15) is 0 Å². The summed E-state index contributed by atoms with van der Waals surface area (Å²) in [6.07, 6.45) is 0. The van der Waals surface area contributed by atoms with Crippen molar-refractivity contribution in [1.82, 2.24) is 9.97 Å². The Morgan fingerprint density at radius 2 is 2.00 bits per heavy atom. The van der Waals surface area contributed by atoms with Crippen molar-refractivity contribution in [3.05, 3.63) is 33.5 Å². The van der Waals surface area contributed by atoms with E-state index in [2.05, 4.69) is 44.8 Å². The molecule has 0 saturated heterocycles. The van der Waals surface area contributed by atoms with Gasteiger partial charge in [-0.15, -0.1) is 0 Å². The summed E-state index contributed by atoms with van der Waals surface area (Å²) in [6, 6.07) is 7.78. The normalized spacial score (nSPS) is 10.3. The molecule has 0 bridgehead atoms. The Balaban J connectivity index is 2.56. The first kappa shape index (κ1) is 14.0. The van der Waals surface area contributed by atoms with Crippen molar-refractivity contribution in [2.75, 3.05) is 19.0 Å². The molecule has 0 aliphatic rings. The summed E-state index contributed by atoms with van der Waals surface area (Å²) < 4.78 is 6.42. The monoisotopic (exact) mass is 369 g/mol. The second-order valence-corrected chi connectivity index (χ2v) is 5.10. The molecule has 0 fully saturated rings. The Morgan fingerprint density at radius 3 is 2.68 bits per heavy atom. The fraction of sp³-hybridized carbons (Fsp3) is 0.286. The van der Waals surface area contributed by atoms with Gasteiger partial charge in [-0.3, -0.25) is 0 Å². The number of hydrogen-bond acceptors (Lipinski definition) is 4. The topological polar surface area (TPSA) is 47.0 Å². The number of methoxy groups -OCH3 is 1. The van der Waals surface area contributed by atoms with Crippen LogP contribution in [0.25, 0.3) is 11.4 Å². The number of nitrogens with one attached hydrogen (secondary N) is 1. The molecular formula is C14H16IN3O. The number of benzene rings is 1. The van der Waals surface area contributed by atoms with E-state index in [0.717, 1.165) is 32.9 Å². The fourth-order valence-corrected chi connectivity index (χ4v) is 2.23. The first-order valence-electron chi connectivity index (χ1n) is 6.08. The zero-order valence-corrected chi connectivity index (χ0v) is 13.4. The van der Waals surface area contributed by atoms with E-state index < -0.39 is 0 Å². The lowest BCUT2D eigenvalue weighted by Crippen LogP contribution is -2.06. The summed E-state index contributed by atoms with van der Waals surface area (Å²) in [5, 5.41) is 3.26. The van der Waals surface area contributed by atoms with Gasteiger partial charge in [0.1, 0.15) is 11.6 Å². The second kappa shape index (κ2) is 6.18. The van der Waals surface area contributed by atoms with E-state index in [0.29, 0.717) is 5.82 Å². The molecule has 1 aromatic heterocycles. The minimum atomic E-state index is 0.686. The first-order chi connectivity index (χ1) is 9.17. The molecule has 5 heteroatoms. The predicted octanol–water partition coefficient (Wildman–Crippen LogP) is 3.50. The van der Waals surface area contributed by atoms with Crippen molar-refractivity contribution >= 4 is 28.4 Å². The van der Waals surface area contributed by atoms with Crippen LogP contribution < -0.4 is 10.1 Å². The van der Waals surface area contributed by atoms with Gasteiger partial charge in [-0.25, -0.2) is 9.97 Å². The Morgan fingerprint density at radius 1 is 1.26 bits per heavy atom. The number of halogens is 1. The summed E-state index contributed by atoms with van der Waals surface area (Å²) in [6.45, 7) is 4.87. The van der Waals surface area contributed by atoms with E-state index in [9.17, 15) is 0 Å². The molecule has 0 atom stereocenters. The van der Waals surface area contributed by atoms with Gasteiger partial charge in [0, 0.05) is 6.54 Å². The third-order valence-corrected chi connectivity index (χ3v) is 4.00. The molecule has 0 aliphatic heterocycles. The lowest BCUT2D eigenvalue weighted by molar-refractivity contribution is 0.416. The molecule has 4 nitrogen and oxygen atoms in total. The molecule has 0 spiro atoms. The van der Waals surface area contributed by atoms with Crippen molar-refractivity contribution in [2.24, 2.45) is 0 Å². The molecule has 19 heavy (non-hydrogen) atoms. The Kier molecular flexibility index (Phi) is 4.57. The van der Waals surface area contributed by atoms with Gasteiger partial charge in [0.2, 0.25) is 0 Å². The average Bonchev–Trinajstić information content (AvgIpc) is 2.43. The quantitative estimate of drug-likeness (QED) is 0.839. The van der Waals surface area contributed by atoms with Gasteiger partial charge in [0.05, 0.1) is 21.9 Å². The van der Waals surface area contributed by atoms with Crippen LogP contribution >= 0.6 is 22.6 Å². The molecule has 2 aromatic rings. The molecule has 0 aliphatic carbocycles. The van der Waals surface area contributed by atoms with Crippen molar-refractivity contribution in [1.29, 1.82) is 0 Å². The van der Waals surface area contributed by atoms with Crippen LogP contribution in [0.1, 0.15) is 12.6 Å². The summed E-state index contributed by atoms with van der Waals surface area (Å²) >= 11 is 2.26. The van der Waals surface area contributed by atoms with Gasteiger partial charge in [-0.1, -0.05) is 12.1 Å². The van der Waals surface area contributed by atoms with Gasteiger partial charge in [-0.05, 0) is 48.6 Å². The maximum atomic E-state index is 5.37. The van der Waals surface area contributed by atoms with Crippen LogP contribution in [0.3, 0.4) is 0 Å². The number of nitrogens with zero attached hydrogens (tertiary/aromatic N) is 2. The number of rotatable bonds is 4. The van der Waals surface area contributed by atoms with E-state index in [1.165, 1.54) is 0 Å². The van der Waals surface area contributed by atoms with E-state index >= 15 is 0 Å². The first-order valence-corrected chi connectivity index (χ1v) is 7.16. The second-order valence-electron chi connectivity index (χ2n) is 4.03. The predicted molar refractivity (Wildman–Crippen MR) is 85.6 cm³/mol. The molecule has 0 radical (unpaired) electrons. The molecule has 100 valence electrons. The average molecular weight is 369 g/mol. The number of aryl methyl sites for hydroxylation is 1. The van der Waals surface area contributed by atoms with Crippen LogP contribution in [0.2, 0.25) is 0 Å². The summed E-state index contributed by atoms with van der Waals surface area (Å²) in [5.41, 5.74) is 1.87. The lowest BCUT2D eigenvalue weighted by atomic mass is 10.2. The largest absolute Gasteiger partial charge is 0.496 e.